The molecule has 0 rings (SSSR count). The number of unbranched alkanes of at least 4 members (excludes halogenated alkanes) is 25. The van der Waals surface area contributed by atoms with Crippen molar-refractivity contribution in [2.24, 2.45) is 0 Å². The number of aliphatic hydroxyl groups excluding tert-OH is 1. The van der Waals surface area contributed by atoms with Gasteiger partial charge in [0.2, 0.25) is 0 Å². The number of ether oxygens (including phenoxy) is 2. The van der Waals surface area contributed by atoms with E-state index in [4.69, 9.17) is 9.47 Å². The molecule has 0 bridgehead atoms. The molecule has 1 atom stereocenters. The van der Waals surface area contributed by atoms with Gasteiger partial charge in [-0.2, -0.15) is 0 Å². The fraction of sp³-hybridized carbons (Fsp3) is 0.921. The molecule has 0 aliphatic heterocycles. The number of carbonyl (C=O) groups is 1. The van der Waals surface area contributed by atoms with Gasteiger partial charge in [0.15, 0.2) is 0 Å². The average molecular weight is 595 g/mol. The monoisotopic (exact) mass is 595 g/mol. The van der Waals surface area contributed by atoms with Crippen molar-refractivity contribution < 1.29 is 19.4 Å². The van der Waals surface area contributed by atoms with Crippen LogP contribution in [0.3, 0.4) is 0 Å². The van der Waals surface area contributed by atoms with Gasteiger partial charge in [-0.25, -0.2) is 0 Å². The lowest BCUT2D eigenvalue weighted by molar-refractivity contribution is -0.154. The fourth-order valence-corrected chi connectivity index (χ4v) is 5.50. The van der Waals surface area contributed by atoms with E-state index in [1.165, 1.54) is 161 Å². The Bertz CT molecular complexity index is 547. The van der Waals surface area contributed by atoms with E-state index in [0.29, 0.717) is 19.6 Å². The van der Waals surface area contributed by atoms with Crippen molar-refractivity contribution in [3.8, 4) is 0 Å². The molecule has 42 heavy (non-hydrogen) atoms. The molecule has 0 saturated carbocycles. The summed E-state index contributed by atoms with van der Waals surface area (Å²) in [5.74, 6) is -0.201. The minimum atomic E-state index is -0.526. The van der Waals surface area contributed by atoms with Crippen molar-refractivity contribution in [1.29, 1.82) is 0 Å². The highest BCUT2D eigenvalue weighted by Crippen LogP contribution is 2.14. The van der Waals surface area contributed by atoms with Gasteiger partial charge in [-0.3, -0.25) is 4.79 Å². The first-order valence-electron chi connectivity index (χ1n) is 18.8. The van der Waals surface area contributed by atoms with Crippen LogP contribution < -0.4 is 0 Å². The number of carbonyl (C=O) groups excluding carboxylic acids is 1. The van der Waals surface area contributed by atoms with E-state index in [9.17, 15) is 9.90 Å². The van der Waals surface area contributed by atoms with E-state index < -0.39 is 6.10 Å². The number of rotatable bonds is 35. The summed E-state index contributed by atoms with van der Waals surface area (Å²) in [7, 11) is 0. The molecule has 0 aromatic carbocycles. The Balaban J connectivity index is 3.37. The standard InChI is InChI=1S/C38H74O4/c1-3-5-7-9-11-13-15-16-17-18-19-20-21-22-23-24-26-28-30-32-34-41-36-37(35-39)42-38(40)33-31-29-27-25-14-12-10-8-6-4-2/h16-17,37,39H,3-15,18-36H2,1-2H3/b17-16-. The number of hydrogen-bond donors (Lipinski definition) is 1. The second-order valence-electron chi connectivity index (χ2n) is 12.7. The molecule has 0 aliphatic carbocycles. The predicted molar refractivity (Wildman–Crippen MR) is 182 cm³/mol. The molecule has 0 amide bonds. The Hall–Kier alpha value is -0.870. The highest BCUT2D eigenvalue weighted by molar-refractivity contribution is 5.69. The highest BCUT2D eigenvalue weighted by atomic mass is 16.6. The van der Waals surface area contributed by atoms with Crippen molar-refractivity contribution >= 4 is 5.97 Å². The number of hydrogen-bond acceptors (Lipinski definition) is 4. The molecular weight excluding hydrogens is 520 g/mol. The topological polar surface area (TPSA) is 55.8 Å². The molecule has 0 radical (unpaired) electrons. The zero-order valence-corrected chi connectivity index (χ0v) is 28.5. The van der Waals surface area contributed by atoms with Crippen LogP contribution in [-0.4, -0.2) is 37.0 Å². The van der Waals surface area contributed by atoms with Gasteiger partial charge >= 0.3 is 5.97 Å². The first kappa shape index (κ1) is 41.1. The van der Waals surface area contributed by atoms with E-state index >= 15 is 0 Å². The first-order valence-corrected chi connectivity index (χ1v) is 18.8. The maximum absolute atomic E-state index is 12.1. The van der Waals surface area contributed by atoms with Crippen molar-refractivity contribution in [2.75, 3.05) is 19.8 Å². The molecule has 0 aromatic rings. The fourth-order valence-electron chi connectivity index (χ4n) is 5.50. The zero-order valence-electron chi connectivity index (χ0n) is 28.5. The lowest BCUT2D eigenvalue weighted by atomic mass is 10.1. The van der Waals surface area contributed by atoms with Gasteiger partial charge in [-0.1, -0.05) is 167 Å². The molecular formula is C38H74O4. The summed E-state index contributed by atoms with van der Waals surface area (Å²) < 4.78 is 11.1. The summed E-state index contributed by atoms with van der Waals surface area (Å²) in [5, 5.41) is 9.53. The molecule has 0 spiro atoms. The van der Waals surface area contributed by atoms with Gasteiger partial charge < -0.3 is 14.6 Å². The minimum absolute atomic E-state index is 0.167. The maximum atomic E-state index is 12.1. The summed E-state index contributed by atoms with van der Waals surface area (Å²) in [6.45, 7) is 5.35. The largest absolute Gasteiger partial charge is 0.457 e. The summed E-state index contributed by atoms with van der Waals surface area (Å²) in [5.41, 5.74) is 0. The molecule has 1 unspecified atom stereocenters. The number of esters is 1. The first-order chi connectivity index (χ1) is 20.7. The Morgan fingerprint density at radius 1 is 0.548 bits per heavy atom. The van der Waals surface area contributed by atoms with Gasteiger partial charge in [-0.05, 0) is 38.5 Å². The Labute approximate surface area is 263 Å². The molecule has 4 nitrogen and oxygen atoms in total. The lowest BCUT2D eigenvalue weighted by Gasteiger charge is -2.16. The summed E-state index contributed by atoms with van der Waals surface area (Å²) in [6, 6.07) is 0. The van der Waals surface area contributed by atoms with Crippen LogP contribution in [0.4, 0.5) is 0 Å². The van der Waals surface area contributed by atoms with Crippen molar-refractivity contribution in [3.63, 3.8) is 0 Å². The van der Waals surface area contributed by atoms with E-state index in [2.05, 4.69) is 26.0 Å². The van der Waals surface area contributed by atoms with Crippen LogP contribution in [0.5, 0.6) is 0 Å². The van der Waals surface area contributed by atoms with Crippen LogP contribution in [0.1, 0.15) is 200 Å². The zero-order chi connectivity index (χ0) is 30.6. The Kier molecular flexibility index (Phi) is 35.6. The third kappa shape index (κ3) is 33.6. The van der Waals surface area contributed by atoms with Crippen molar-refractivity contribution in [3.05, 3.63) is 12.2 Å². The SMILES string of the molecule is CCCCCCCC/C=C\CCCCCCCCCCCCOCC(CO)OC(=O)CCCCCCCCCCCC. The molecule has 250 valence electrons. The van der Waals surface area contributed by atoms with Crippen LogP contribution in [0.15, 0.2) is 12.2 Å². The van der Waals surface area contributed by atoms with Crippen LogP contribution in [0, 0.1) is 0 Å². The smallest absolute Gasteiger partial charge is 0.306 e. The van der Waals surface area contributed by atoms with Crippen LogP contribution >= 0.6 is 0 Å². The average Bonchev–Trinajstić information content (AvgIpc) is 3.00. The Morgan fingerprint density at radius 3 is 1.36 bits per heavy atom. The van der Waals surface area contributed by atoms with Gasteiger partial charge in [0.1, 0.15) is 6.10 Å². The second-order valence-corrected chi connectivity index (χ2v) is 12.7. The molecule has 0 saturated heterocycles. The van der Waals surface area contributed by atoms with Crippen molar-refractivity contribution in [2.45, 2.75) is 206 Å². The van der Waals surface area contributed by atoms with Gasteiger partial charge in [0.05, 0.1) is 13.2 Å². The van der Waals surface area contributed by atoms with Crippen LogP contribution in [0.2, 0.25) is 0 Å². The van der Waals surface area contributed by atoms with Gasteiger partial charge in [0, 0.05) is 13.0 Å². The summed E-state index contributed by atoms with van der Waals surface area (Å²) >= 11 is 0. The normalized spacial score (nSPS) is 12.4. The predicted octanol–water partition coefficient (Wildman–Crippen LogP) is 11.8. The van der Waals surface area contributed by atoms with E-state index in [-0.39, 0.29) is 12.6 Å². The number of aliphatic hydroxyl groups is 1. The maximum Gasteiger partial charge on any atom is 0.306 e. The minimum Gasteiger partial charge on any atom is -0.457 e. The summed E-state index contributed by atoms with van der Waals surface area (Å²) in [4.78, 5) is 12.1. The second kappa shape index (κ2) is 36.3. The molecule has 0 heterocycles. The van der Waals surface area contributed by atoms with Crippen LogP contribution in [-0.2, 0) is 14.3 Å². The third-order valence-corrected chi connectivity index (χ3v) is 8.34. The van der Waals surface area contributed by atoms with Gasteiger partial charge in [-0.15, -0.1) is 0 Å². The molecule has 0 aliphatic rings. The molecule has 1 N–H and O–H groups in total. The van der Waals surface area contributed by atoms with E-state index in [1.807, 2.05) is 0 Å². The Morgan fingerprint density at radius 2 is 0.929 bits per heavy atom. The molecule has 0 aromatic heterocycles. The van der Waals surface area contributed by atoms with Crippen molar-refractivity contribution in [1.82, 2.24) is 0 Å². The number of allylic oxidation sites excluding steroid dienone is 2. The van der Waals surface area contributed by atoms with E-state index in [0.717, 1.165) is 19.3 Å². The van der Waals surface area contributed by atoms with Gasteiger partial charge in [0.25, 0.3) is 0 Å². The van der Waals surface area contributed by atoms with Crippen LogP contribution in [0.25, 0.3) is 0 Å². The summed E-state index contributed by atoms with van der Waals surface area (Å²) in [6.07, 6.45) is 41.1. The highest BCUT2D eigenvalue weighted by Gasteiger charge is 2.13. The lowest BCUT2D eigenvalue weighted by Crippen LogP contribution is -2.27. The third-order valence-electron chi connectivity index (χ3n) is 8.34. The molecule has 0 fully saturated rings. The quantitative estimate of drug-likeness (QED) is 0.0450. The van der Waals surface area contributed by atoms with E-state index in [1.54, 1.807) is 0 Å². The molecule has 4 heteroatoms.